The van der Waals surface area contributed by atoms with Crippen molar-refractivity contribution in [2.45, 2.75) is 13.8 Å². The molecule has 126 valence electrons. The van der Waals surface area contributed by atoms with Crippen molar-refractivity contribution in [1.29, 1.82) is 0 Å². The molecule has 0 atom stereocenters. The van der Waals surface area contributed by atoms with Gasteiger partial charge < -0.3 is 10.1 Å². The lowest BCUT2D eigenvalue weighted by Crippen LogP contribution is -2.21. The lowest BCUT2D eigenvalue weighted by molar-refractivity contribution is -0.119. The predicted octanol–water partition coefficient (Wildman–Crippen LogP) is 4.03. The van der Waals surface area contributed by atoms with Gasteiger partial charge in [0.1, 0.15) is 0 Å². The van der Waals surface area contributed by atoms with Gasteiger partial charge in [0.25, 0.3) is 5.91 Å². The van der Waals surface area contributed by atoms with Crippen LogP contribution >= 0.6 is 11.6 Å². The van der Waals surface area contributed by atoms with Crippen molar-refractivity contribution in [3.8, 4) is 0 Å². The number of anilines is 1. The Balaban J connectivity index is 1.98. The Morgan fingerprint density at radius 1 is 1.04 bits per heavy atom. The quantitative estimate of drug-likeness (QED) is 0.667. The molecule has 1 amide bonds. The first-order valence-electron chi connectivity index (χ1n) is 6.96. The van der Waals surface area contributed by atoms with Gasteiger partial charge in [0.2, 0.25) is 0 Å². The first-order chi connectivity index (χ1) is 11.3. The van der Waals surface area contributed by atoms with Crippen LogP contribution in [0, 0.1) is 25.5 Å². The van der Waals surface area contributed by atoms with Gasteiger partial charge >= 0.3 is 5.97 Å². The van der Waals surface area contributed by atoms with Crippen molar-refractivity contribution in [3.63, 3.8) is 0 Å². The summed E-state index contributed by atoms with van der Waals surface area (Å²) in [5, 5.41) is 2.28. The summed E-state index contributed by atoms with van der Waals surface area (Å²) >= 11 is 5.67. The summed E-state index contributed by atoms with van der Waals surface area (Å²) in [6.45, 7) is 3.18. The van der Waals surface area contributed by atoms with Crippen LogP contribution in [0.3, 0.4) is 0 Å². The van der Waals surface area contributed by atoms with Crippen molar-refractivity contribution in [3.05, 3.63) is 63.7 Å². The van der Waals surface area contributed by atoms with E-state index < -0.39 is 30.1 Å². The van der Waals surface area contributed by atoms with E-state index in [0.29, 0.717) is 17.8 Å². The lowest BCUT2D eigenvalue weighted by Gasteiger charge is -2.09. The number of carbonyl (C=O) groups is 2. The van der Waals surface area contributed by atoms with Gasteiger partial charge in [-0.3, -0.25) is 4.79 Å². The number of benzene rings is 2. The molecule has 0 saturated heterocycles. The van der Waals surface area contributed by atoms with Gasteiger partial charge in [-0.1, -0.05) is 17.7 Å². The van der Waals surface area contributed by atoms with Gasteiger partial charge in [0.15, 0.2) is 18.2 Å². The smallest absolute Gasteiger partial charge is 0.340 e. The third-order valence-electron chi connectivity index (χ3n) is 3.07. The molecule has 0 aliphatic rings. The van der Waals surface area contributed by atoms with Crippen molar-refractivity contribution in [2.24, 2.45) is 0 Å². The van der Waals surface area contributed by atoms with Gasteiger partial charge in [-0.25, -0.2) is 13.6 Å². The molecule has 0 bridgehead atoms. The maximum atomic E-state index is 13.2. The number of nitrogens with one attached hydrogen (secondary N) is 1. The highest BCUT2D eigenvalue weighted by Crippen LogP contribution is 2.21. The minimum absolute atomic E-state index is 0.298. The summed E-state index contributed by atoms with van der Waals surface area (Å²) in [6.07, 6.45) is 0. The minimum atomic E-state index is -1.23. The molecule has 0 saturated carbocycles. The van der Waals surface area contributed by atoms with E-state index in [1.165, 1.54) is 0 Å². The number of ether oxygens (including phenoxy) is 1. The Labute approximate surface area is 142 Å². The average molecular weight is 354 g/mol. The fourth-order valence-electron chi connectivity index (χ4n) is 2.13. The van der Waals surface area contributed by atoms with Gasteiger partial charge in [-0.15, -0.1) is 0 Å². The molecule has 0 aromatic heterocycles. The molecule has 0 aliphatic heterocycles. The van der Waals surface area contributed by atoms with E-state index in [2.05, 4.69) is 5.32 Å². The van der Waals surface area contributed by atoms with Crippen LogP contribution in [0.15, 0.2) is 30.3 Å². The van der Waals surface area contributed by atoms with Crippen LogP contribution in [-0.4, -0.2) is 18.5 Å². The van der Waals surface area contributed by atoms with E-state index in [1.807, 2.05) is 19.9 Å². The highest BCUT2D eigenvalue weighted by Gasteiger charge is 2.17. The number of hydrogen-bond acceptors (Lipinski definition) is 3. The Morgan fingerprint density at radius 2 is 1.62 bits per heavy atom. The van der Waals surface area contributed by atoms with Gasteiger partial charge in [-0.2, -0.15) is 0 Å². The normalized spacial score (nSPS) is 10.4. The zero-order valence-electron chi connectivity index (χ0n) is 13.0. The molecule has 0 fully saturated rings. The Kier molecular flexibility index (Phi) is 5.51. The minimum Gasteiger partial charge on any atom is -0.452 e. The number of aryl methyl sites for hydroxylation is 2. The summed E-state index contributed by atoms with van der Waals surface area (Å²) in [7, 11) is 0. The standard InChI is InChI=1S/C17H14ClF2NO3/c1-9-3-10(2)5-11(4-9)21-16(22)8-24-17(23)12-6-14(19)15(20)7-13(12)18/h3-7H,8H2,1-2H3,(H,21,22). The molecule has 2 aromatic rings. The molecule has 0 unspecified atom stereocenters. The Morgan fingerprint density at radius 3 is 2.25 bits per heavy atom. The molecule has 4 nitrogen and oxygen atoms in total. The summed E-state index contributed by atoms with van der Waals surface area (Å²) in [5.74, 6) is -3.99. The second-order valence-electron chi connectivity index (χ2n) is 5.25. The van der Waals surface area contributed by atoms with E-state index in [4.69, 9.17) is 16.3 Å². The summed E-state index contributed by atoms with van der Waals surface area (Å²) < 4.78 is 30.9. The molecular formula is C17H14ClF2NO3. The molecule has 24 heavy (non-hydrogen) atoms. The number of hydrogen-bond donors (Lipinski definition) is 1. The molecule has 7 heteroatoms. The molecular weight excluding hydrogens is 340 g/mol. The van der Waals surface area contributed by atoms with Gasteiger partial charge in [-0.05, 0) is 49.2 Å². The number of rotatable bonds is 4. The van der Waals surface area contributed by atoms with Gasteiger partial charge in [0, 0.05) is 5.69 Å². The Hall–Kier alpha value is -2.47. The zero-order chi connectivity index (χ0) is 17.9. The fourth-order valence-corrected chi connectivity index (χ4v) is 2.36. The third-order valence-corrected chi connectivity index (χ3v) is 3.38. The van der Waals surface area contributed by atoms with E-state index in [0.717, 1.165) is 11.1 Å². The summed E-state index contributed by atoms with van der Waals surface area (Å²) in [6, 6.07) is 6.77. The Bertz CT molecular complexity index is 788. The first kappa shape index (κ1) is 17.9. The first-order valence-corrected chi connectivity index (χ1v) is 7.34. The summed E-state index contributed by atoms with van der Waals surface area (Å²) in [5.41, 5.74) is 2.15. The van der Waals surface area contributed by atoms with Crippen LogP contribution in [0.5, 0.6) is 0 Å². The fraction of sp³-hybridized carbons (Fsp3) is 0.176. The van der Waals surface area contributed by atoms with E-state index in [-0.39, 0.29) is 10.6 Å². The van der Waals surface area contributed by atoms with E-state index in [1.54, 1.807) is 12.1 Å². The van der Waals surface area contributed by atoms with Crippen LogP contribution < -0.4 is 5.32 Å². The van der Waals surface area contributed by atoms with Crippen LogP contribution in [0.4, 0.5) is 14.5 Å². The molecule has 1 N–H and O–H groups in total. The van der Waals surface area contributed by atoms with Gasteiger partial charge in [0.05, 0.1) is 10.6 Å². The largest absolute Gasteiger partial charge is 0.452 e. The highest BCUT2D eigenvalue weighted by atomic mass is 35.5. The predicted molar refractivity (Wildman–Crippen MR) is 86.2 cm³/mol. The van der Waals surface area contributed by atoms with Crippen molar-refractivity contribution in [1.82, 2.24) is 0 Å². The lowest BCUT2D eigenvalue weighted by atomic mass is 10.1. The zero-order valence-corrected chi connectivity index (χ0v) is 13.7. The maximum absolute atomic E-state index is 13.2. The van der Waals surface area contributed by atoms with E-state index in [9.17, 15) is 18.4 Å². The second kappa shape index (κ2) is 7.40. The second-order valence-corrected chi connectivity index (χ2v) is 5.65. The van der Waals surface area contributed by atoms with Crippen molar-refractivity contribution in [2.75, 3.05) is 11.9 Å². The van der Waals surface area contributed by atoms with Crippen LogP contribution in [0.25, 0.3) is 0 Å². The number of amides is 1. The average Bonchev–Trinajstić information content (AvgIpc) is 2.47. The molecule has 2 aromatic carbocycles. The summed E-state index contributed by atoms with van der Waals surface area (Å²) in [4.78, 5) is 23.6. The molecule has 0 aliphatic carbocycles. The third kappa shape index (κ3) is 4.52. The molecule has 0 heterocycles. The number of carbonyl (C=O) groups excluding carboxylic acids is 2. The topological polar surface area (TPSA) is 55.4 Å². The van der Waals surface area contributed by atoms with Crippen molar-refractivity contribution >= 4 is 29.2 Å². The molecule has 0 radical (unpaired) electrons. The monoisotopic (exact) mass is 353 g/mol. The number of halogens is 3. The molecule has 0 spiro atoms. The maximum Gasteiger partial charge on any atom is 0.340 e. The van der Waals surface area contributed by atoms with Crippen LogP contribution in [0.1, 0.15) is 21.5 Å². The van der Waals surface area contributed by atoms with Crippen LogP contribution in [0.2, 0.25) is 5.02 Å². The SMILES string of the molecule is Cc1cc(C)cc(NC(=O)COC(=O)c2cc(F)c(F)cc2Cl)c1. The highest BCUT2D eigenvalue weighted by molar-refractivity contribution is 6.33. The number of esters is 1. The molecule has 2 rings (SSSR count). The van der Waals surface area contributed by atoms with Crippen LogP contribution in [-0.2, 0) is 9.53 Å². The van der Waals surface area contributed by atoms with E-state index >= 15 is 0 Å². The van der Waals surface area contributed by atoms with Crippen molar-refractivity contribution < 1.29 is 23.1 Å².